The summed E-state index contributed by atoms with van der Waals surface area (Å²) in [5.74, 6) is -0.244. The summed E-state index contributed by atoms with van der Waals surface area (Å²) in [7, 11) is 0. The van der Waals surface area contributed by atoms with Gasteiger partial charge >= 0.3 is 0 Å². The number of ketones is 1. The molecule has 0 saturated heterocycles. The summed E-state index contributed by atoms with van der Waals surface area (Å²) < 4.78 is 0. The van der Waals surface area contributed by atoms with Crippen molar-refractivity contribution in [3.05, 3.63) is 52.0 Å². The van der Waals surface area contributed by atoms with Gasteiger partial charge in [0, 0.05) is 23.6 Å². The monoisotopic (exact) mass is 289 g/mol. The molecule has 2 rings (SSSR count). The largest absolute Gasteiger partial charge is 0.396 e. The lowest BCUT2D eigenvalue weighted by atomic mass is 9.84. The van der Waals surface area contributed by atoms with Crippen molar-refractivity contribution in [2.75, 3.05) is 6.61 Å². The number of rotatable bonds is 6. The van der Waals surface area contributed by atoms with E-state index in [0.717, 1.165) is 16.3 Å². The van der Waals surface area contributed by atoms with Gasteiger partial charge in [0.2, 0.25) is 0 Å². The topological polar surface area (TPSA) is 50.2 Å². The van der Waals surface area contributed by atoms with E-state index < -0.39 is 0 Å². The molecular weight excluding hydrogens is 270 g/mol. The Morgan fingerprint density at radius 3 is 2.60 bits per heavy atom. The van der Waals surface area contributed by atoms with Crippen LogP contribution in [0.1, 0.15) is 29.1 Å². The molecule has 0 aliphatic rings. The molecule has 1 aromatic heterocycles. The van der Waals surface area contributed by atoms with Crippen molar-refractivity contribution < 1.29 is 9.90 Å². The van der Waals surface area contributed by atoms with Crippen LogP contribution in [0.4, 0.5) is 0 Å². The summed E-state index contributed by atoms with van der Waals surface area (Å²) >= 11 is 1.56. The zero-order valence-corrected chi connectivity index (χ0v) is 12.6. The van der Waals surface area contributed by atoms with Gasteiger partial charge in [-0.3, -0.25) is 4.79 Å². The summed E-state index contributed by atoms with van der Waals surface area (Å²) in [4.78, 5) is 16.7. The molecule has 0 radical (unpaired) electrons. The molecule has 2 atom stereocenters. The predicted octanol–water partition coefficient (Wildman–Crippen LogP) is 2.98. The van der Waals surface area contributed by atoms with Gasteiger partial charge in [-0.15, -0.1) is 11.3 Å². The standard InChI is InChI=1S/C16H19NO2S/c1-11(15(9-18)13-6-4-3-5-7-13)16(19)8-14-10-20-12(2)17-14/h3-7,10-11,15,18H,8-9H2,1-2H3. The molecule has 3 nitrogen and oxygen atoms in total. The molecule has 1 heterocycles. The SMILES string of the molecule is Cc1nc(CC(=O)C(C)C(CO)c2ccccc2)cs1. The smallest absolute Gasteiger partial charge is 0.142 e. The van der Waals surface area contributed by atoms with E-state index in [4.69, 9.17) is 0 Å². The van der Waals surface area contributed by atoms with Gasteiger partial charge in [-0.25, -0.2) is 4.98 Å². The first-order valence-corrected chi connectivity index (χ1v) is 7.59. The van der Waals surface area contributed by atoms with E-state index in [1.165, 1.54) is 0 Å². The predicted molar refractivity (Wildman–Crippen MR) is 81.0 cm³/mol. The summed E-state index contributed by atoms with van der Waals surface area (Å²) in [6.07, 6.45) is 0.342. The molecule has 0 bridgehead atoms. The Balaban J connectivity index is 2.08. The third kappa shape index (κ3) is 3.52. The Labute approximate surface area is 123 Å². The van der Waals surface area contributed by atoms with Crippen LogP contribution in [-0.4, -0.2) is 22.5 Å². The number of thiazole rings is 1. The van der Waals surface area contributed by atoms with Gasteiger partial charge in [0.1, 0.15) is 5.78 Å². The normalized spacial score (nSPS) is 13.9. The lowest BCUT2D eigenvalue weighted by Crippen LogP contribution is -2.24. The highest BCUT2D eigenvalue weighted by Crippen LogP contribution is 2.26. The second kappa shape index (κ2) is 6.77. The molecular formula is C16H19NO2S. The summed E-state index contributed by atoms with van der Waals surface area (Å²) in [5.41, 5.74) is 1.83. The molecule has 0 saturated carbocycles. The summed E-state index contributed by atoms with van der Waals surface area (Å²) in [6.45, 7) is 3.80. The fraction of sp³-hybridized carbons (Fsp3) is 0.375. The molecule has 0 aliphatic carbocycles. The quantitative estimate of drug-likeness (QED) is 0.889. The van der Waals surface area contributed by atoms with Crippen molar-refractivity contribution in [2.45, 2.75) is 26.2 Å². The Morgan fingerprint density at radius 1 is 1.35 bits per heavy atom. The van der Waals surface area contributed by atoms with Crippen molar-refractivity contribution in [1.29, 1.82) is 0 Å². The second-order valence-corrected chi connectivity index (χ2v) is 6.05. The number of Topliss-reactive ketones (excluding diaryl/α,β-unsaturated/α-hetero) is 1. The fourth-order valence-corrected chi connectivity index (χ4v) is 2.92. The average molecular weight is 289 g/mol. The van der Waals surface area contributed by atoms with Crippen molar-refractivity contribution in [3.63, 3.8) is 0 Å². The molecule has 0 spiro atoms. The van der Waals surface area contributed by atoms with Crippen molar-refractivity contribution >= 4 is 17.1 Å². The fourth-order valence-electron chi connectivity index (χ4n) is 2.31. The maximum absolute atomic E-state index is 12.3. The number of aromatic nitrogens is 1. The van der Waals surface area contributed by atoms with Crippen molar-refractivity contribution in [3.8, 4) is 0 Å². The number of aliphatic hydroxyl groups excluding tert-OH is 1. The number of carbonyl (C=O) groups is 1. The minimum Gasteiger partial charge on any atom is -0.396 e. The van der Waals surface area contributed by atoms with Crippen molar-refractivity contribution in [2.24, 2.45) is 5.92 Å². The van der Waals surface area contributed by atoms with E-state index in [0.29, 0.717) is 6.42 Å². The summed E-state index contributed by atoms with van der Waals surface area (Å²) in [6, 6.07) is 9.70. The second-order valence-electron chi connectivity index (χ2n) is 4.99. The van der Waals surface area contributed by atoms with E-state index in [1.807, 2.05) is 49.6 Å². The molecule has 4 heteroatoms. The first kappa shape index (κ1) is 14.9. The molecule has 0 amide bonds. The highest BCUT2D eigenvalue weighted by Gasteiger charge is 2.25. The molecule has 0 fully saturated rings. The number of benzene rings is 1. The first-order chi connectivity index (χ1) is 9.61. The lowest BCUT2D eigenvalue weighted by molar-refractivity contribution is -0.122. The van der Waals surface area contributed by atoms with Gasteiger partial charge in [-0.1, -0.05) is 37.3 Å². The number of hydrogen-bond acceptors (Lipinski definition) is 4. The molecule has 1 aromatic carbocycles. The van der Waals surface area contributed by atoms with Gasteiger partial charge in [-0.05, 0) is 12.5 Å². The van der Waals surface area contributed by atoms with Crippen LogP contribution in [0.15, 0.2) is 35.7 Å². The third-order valence-electron chi connectivity index (χ3n) is 3.56. The molecule has 2 unspecified atom stereocenters. The van der Waals surface area contributed by atoms with Crippen LogP contribution < -0.4 is 0 Å². The van der Waals surface area contributed by atoms with Crippen LogP contribution in [0.3, 0.4) is 0 Å². The number of nitrogens with zero attached hydrogens (tertiary/aromatic N) is 1. The van der Waals surface area contributed by atoms with E-state index in [9.17, 15) is 9.90 Å². The highest BCUT2D eigenvalue weighted by atomic mass is 32.1. The molecule has 20 heavy (non-hydrogen) atoms. The van der Waals surface area contributed by atoms with Gasteiger partial charge in [0.15, 0.2) is 0 Å². The van der Waals surface area contributed by atoms with Crippen LogP contribution in [0, 0.1) is 12.8 Å². The van der Waals surface area contributed by atoms with E-state index >= 15 is 0 Å². The molecule has 106 valence electrons. The minimum atomic E-state index is -0.218. The Morgan fingerprint density at radius 2 is 2.05 bits per heavy atom. The lowest BCUT2D eigenvalue weighted by Gasteiger charge is -2.21. The number of carbonyl (C=O) groups excluding carboxylic acids is 1. The van der Waals surface area contributed by atoms with Gasteiger partial charge in [0.25, 0.3) is 0 Å². The minimum absolute atomic E-state index is 0.0208. The van der Waals surface area contributed by atoms with Gasteiger partial charge < -0.3 is 5.11 Å². The average Bonchev–Trinajstić information content (AvgIpc) is 2.86. The Hall–Kier alpha value is -1.52. The molecule has 2 aromatic rings. The van der Waals surface area contributed by atoms with Crippen molar-refractivity contribution in [1.82, 2.24) is 4.98 Å². The maximum atomic E-state index is 12.3. The molecule has 1 N–H and O–H groups in total. The zero-order chi connectivity index (χ0) is 14.5. The first-order valence-electron chi connectivity index (χ1n) is 6.71. The highest BCUT2D eigenvalue weighted by molar-refractivity contribution is 7.09. The van der Waals surface area contributed by atoms with E-state index in [1.54, 1.807) is 11.3 Å². The Bertz CT molecular complexity index is 565. The van der Waals surface area contributed by atoms with Crippen LogP contribution in [0.5, 0.6) is 0 Å². The van der Waals surface area contributed by atoms with Crippen LogP contribution in [0.25, 0.3) is 0 Å². The van der Waals surface area contributed by atoms with E-state index in [2.05, 4.69) is 4.98 Å². The maximum Gasteiger partial charge on any atom is 0.142 e. The van der Waals surface area contributed by atoms with E-state index in [-0.39, 0.29) is 24.2 Å². The molecule has 0 aliphatic heterocycles. The number of aliphatic hydroxyl groups is 1. The zero-order valence-electron chi connectivity index (χ0n) is 11.7. The number of aryl methyl sites for hydroxylation is 1. The number of hydrogen-bond donors (Lipinski definition) is 1. The van der Waals surface area contributed by atoms with Crippen LogP contribution >= 0.6 is 11.3 Å². The Kier molecular flexibility index (Phi) is 5.04. The summed E-state index contributed by atoms with van der Waals surface area (Å²) in [5, 5.41) is 12.5. The van der Waals surface area contributed by atoms with Crippen LogP contribution in [-0.2, 0) is 11.2 Å². The van der Waals surface area contributed by atoms with Gasteiger partial charge in [0.05, 0.1) is 17.3 Å². The van der Waals surface area contributed by atoms with Gasteiger partial charge in [-0.2, -0.15) is 0 Å². The third-order valence-corrected chi connectivity index (χ3v) is 4.38. The van der Waals surface area contributed by atoms with Crippen LogP contribution in [0.2, 0.25) is 0 Å².